The minimum absolute atomic E-state index is 0.140. The van der Waals surface area contributed by atoms with Crippen LogP contribution in [0.25, 0.3) is 0 Å². The van der Waals surface area contributed by atoms with Gasteiger partial charge in [0.05, 0.1) is 0 Å². The van der Waals surface area contributed by atoms with Crippen LogP contribution in [0.4, 0.5) is 0 Å². The Labute approximate surface area is 150 Å². The van der Waals surface area contributed by atoms with Gasteiger partial charge in [0, 0.05) is 24.8 Å². The summed E-state index contributed by atoms with van der Waals surface area (Å²) in [4.78, 5) is 14.6. The summed E-state index contributed by atoms with van der Waals surface area (Å²) in [6.07, 6.45) is 0.894. The van der Waals surface area contributed by atoms with E-state index in [1.807, 2.05) is 18.2 Å². The zero-order valence-electron chi connectivity index (χ0n) is 16.0. The third-order valence-electron chi connectivity index (χ3n) is 4.35. The molecule has 2 aromatic rings. The highest BCUT2D eigenvalue weighted by Gasteiger charge is 2.13. The van der Waals surface area contributed by atoms with E-state index < -0.39 is 0 Å². The van der Waals surface area contributed by atoms with Crippen LogP contribution >= 0.6 is 0 Å². The number of nitrogens with zero attached hydrogens (tertiary/aromatic N) is 2. The predicted molar refractivity (Wildman–Crippen MR) is 101 cm³/mol. The molecule has 0 aliphatic carbocycles. The molecule has 0 aliphatic rings. The summed E-state index contributed by atoms with van der Waals surface area (Å²) >= 11 is 0. The Balaban J connectivity index is 1.99. The quantitative estimate of drug-likeness (QED) is 0.773. The van der Waals surface area contributed by atoms with E-state index in [9.17, 15) is 4.79 Å². The molecule has 0 unspecified atom stereocenters. The van der Waals surface area contributed by atoms with Gasteiger partial charge in [-0.2, -0.15) is 5.10 Å². The Bertz CT molecular complexity index is 691. The number of benzene rings is 1. The normalized spacial score (nSPS) is 11.5. The first kappa shape index (κ1) is 19.2. The first-order chi connectivity index (χ1) is 11.9. The van der Waals surface area contributed by atoms with E-state index in [-0.39, 0.29) is 5.91 Å². The lowest BCUT2D eigenvalue weighted by molar-refractivity contribution is 0.0945. The van der Waals surface area contributed by atoms with E-state index in [1.54, 1.807) is 0 Å². The summed E-state index contributed by atoms with van der Waals surface area (Å²) in [5, 5.41) is 10.1. The minimum Gasteiger partial charge on any atom is -0.347 e. The van der Waals surface area contributed by atoms with Crippen LogP contribution in [-0.2, 0) is 19.5 Å². The van der Waals surface area contributed by atoms with Crippen molar-refractivity contribution < 1.29 is 4.79 Å². The molecule has 0 fully saturated rings. The van der Waals surface area contributed by atoms with E-state index in [1.165, 1.54) is 5.56 Å². The molecule has 1 amide bonds. The molecule has 5 heteroatoms. The van der Waals surface area contributed by atoms with E-state index in [0.717, 1.165) is 24.2 Å². The zero-order valence-corrected chi connectivity index (χ0v) is 16.0. The molecule has 1 heterocycles. The first-order valence-electron chi connectivity index (χ1n) is 8.96. The van der Waals surface area contributed by atoms with Gasteiger partial charge in [0.15, 0.2) is 0 Å². The molecular weight excluding hydrogens is 312 g/mol. The number of amides is 1. The van der Waals surface area contributed by atoms with E-state index in [0.29, 0.717) is 24.2 Å². The molecule has 5 nitrogen and oxygen atoms in total. The summed E-state index contributed by atoms with van der Waals surface area (Å²) in [6.45, 7) is 10.0. The maximum absolute atomic E-state index is 12.4. The fourth-order valence-corrected chi connectivity index (χ4v) is 2.62. The molecule has 2 rings (SSSR count). The molecule has 0 saturated heterocycles. The monoisotopic (exact) mass is 342 g/mol. The number of carbonyl (C=O) groups excluding carboxylic acids is 1. The van der Waals surface area contributed by atoms with Crippen molar-refractivity contribution in [1.82, 2.24) is 20.4 Å². The molecule has 0 aliphatic heterocycles. The first-order valence-corrected chi connectivity index (χ1v) is 8.96. The predicted octanol–water partition coefficient (Wildman–Crippen LogP) is 3.38. The third kappa shape index (κ3) is 5.71. The topological polar surface area (TPSA) is 61.0 Å². The largest absolute Gasteiger partial charge is 0.347 e. The molecule has 136 valence electrons. The number of aromatic nitrogens is 2. The highest BCUT2D eigenvalue weighted by molar-refractivity contribution is 5.92. The Morgan fingerprint density at radius 3 is 2.52 bits per heavy atom. The van der Waals surface area contributed by atoms with Crippen molar-refractivity contribution >= 4 is 5.91 Å². The van der Waals surface area contributed by atoms with Gasteiger partial charge >= 0.3 is 0 Å². The van der Waals surface area contributed by atoms with Crippen molar-refractivity contribution in [3.8, 4) is 0 Å². The van der Waals surface area contributed by atoms with Crippen LogP contribution in [0, 0.1) is 5.92 Å². The van der Waals surface area contributed by atoms with Crippen LogP contribution in [-0.4, -0.2) is 34.1 Å². The average Bonchev–Trinajstić information content (AvgIpc) is 3.01. The van der Waals surface area contributed by atoms with E-state index in [4.69, 9.17) is 0 Å². The number of hydrogen-bond acceptors (Lipinski definition) is 3. The lowest BCUT2D eigenvalue weighted by Gasteiger charge is -2.22. The number of rotatable bonds is 8. The van der Waals surface area contributed by atoms with Crippen LogP contribution in [0.3, 0.4) is 0 Å². The Hall–Kier alpha value is -2.14. The molecule has 0 spiro atoms. The van der Waals surface area contributed by atoms with Gasteiger partial charge in [-0.1, -0.05) is 38.1 Å². The molecule has 1 aromatic heterocycles. The SMILES string of the molecule is CC(C)Cc1cc(C(=O)NCc2ccccc2CN(C)C(C)C)n[nH]1. The molecule has 0 radical (unpaired) electrons. The number of carbonyl (C=O) groups is 1. The van der Waals surface area contributed by atoms with Crippen LogP contribution in [0.15, 0.2) is 30.3 Å². The minimum atomic E-state index is -0.140. The van der Waals surface area contributed by atoms with Crippen molar-refractivity contribution in [1.29, 1.82) is 0 Å². The molecule has 0 saturated carbocycles. The Kier molecular flexibility index (Phi) is 6.76. The second-order valence-corrected chi connectivity index (χ2v) is 7.34. The third-order valence-corrected chi connectivity index (χ3v) is 4.35. The van der Waals surface area contributed by atoms with Gasteiger partial charge in [-0.15, -0.1) is 0 Å². The van der Waals surface area contributed by atoms with Crippen LogP contribution in [0.5, 0.6) is 0 Å². The zero-order chi connectivity index (χ0) is 18.4. The maximum Gasteiger partial charge on any atom is 0.272 e. The van der Waals surface area contributed by atoms with Crippen LogP contribution < -0.4 is 5.32 Å². The Morgan fingerprint density at radius 1 is 1.20 bits per heavy atom. The van der Waals surface area contributed by atoms with Gasteiger partial charge in [-0.25, -0.2) is 0 Å². The van der Waals surface area contributed by atoms with Gasteiger partial charge in [-0.05, 0) is 50.4 Å². The van der Waals surface area contributed by atoms with Crippen molar-refractivity contribution in [3.05, 3.63) is 52.8 Å². The molecule has 0 bridgehead atoms. The fraction of sp³-hybridized carbons (Fsp3) is 0.500. The standard InChI is InChI=1S/C20H30N4O/c1-14(2)10-18-11-19(23-22-18)20(25)21-12-16-8-6-7-9-17(16)13-24(5)15(3)4/h6-9,11,14-15H,10,12-13H2,1-5H3,(H,21,25)(H,22,23). The fourth-order valence-electron chi connectivity index (χ4n) is 2.62. The van der Waals surface area contributed by atoms with Crippen molar-refractivity contribution in [2.45, 2.75) is 53.2 Å². The van der Waals surface area contributed by atoms with E-state index in [2.05, 4.69) is 67.3 Å². The summed E-state index contributed by atoms with van der Waals surface area (Å²) in [5.74, 6) is 0.388. The van der Waals surface area contributed by atoms with Crippen LogP contribution in [0.2, 0.25) is 0 Å². The van der Waals surface area contributed by atoms with Gasteiger partial charge in [-0.3, -0.25) is 14.8 Å². The maximum atomic E-state index is 12.4. The molecule has 25 heavy (non-hydrogen) atoms. The summed E-state index contributed by atoms with van der Waals surface area (Å²) in [7, 11) is 2.11. The highest BCUT2D eigenvalue weighted by atomic mass is 16.1. The number of nitrogens with one attached hydrogen (secondary N) is 2. The second-order valence-electron chi connectivity index (χ2n) is 7.34. The summed E-state index contributed by atoms with van der Waals surface area (Å²) < 4.78 is 0. The molecule has 0 atom stereocenters. The molecule has 1 aromatic carbocycles. The lowest BCUT2D eigenvalue weighted by atomic mass is 10.1. The van der Waals surface area contributed by atoms with Crippen molar-refractivity contribution in [3.63, 3.8) is 0 Å². The number of aromatic amines is 1. The number of H-pyrrole nitrogens is 1. The lowest BCUT2D eigenvalue weighted by Crippen LogP contribution is -2.27. The Morgan fingerprint density at radius 2 is 1.88 bits per heavy atom. The summed E-state index contributed by atoms with van der Waals surface area (Å²) in [6, 6.07) is 10.6. The smallest absolute Gasteiger partial charge is 0.272 e. The molecular formula is C20H30N4O. The molecule has 2 N–H and O–H groups in total. The average molecular weight is 342 g/mol. The highest BCUT2D eigenvalue weighted by Crippen LogP contribution is 2.13. The van der Waals surface area contributed by atoms with E-state index >= 15 is 0 Å². The number of hydrogen-bond donors (Lipinski definition) is 2. The van der Waals surface area contributed by atoms with Crippen molar-refractivity contribution in [2.75, 3.05) is 7.05 Å². The van der Waals surface area contributed by atoms with Gasteiger partial charge in [0.1, 0.15) is 5.69 Å². The summed E-state index contributed by atoms with van der Waals surface area (Å²) in [5.41, 5.74) is 3.83. The van der Waals surface area contributed by atoms with Gasteiger partial charge < -0.3 is 5.32 Å². The van der Waals surface area contributed by atoms with Crippen LogP contribution in [0.1, 0.15) is 55.0 Å². The van der Waals surface area contributed by atoms with Gasteiger partial charge in [0.2, 0.25) is 0 Å². The second kappa shape index (κ2) is 8.81. The van der Waals surface area contributed by atoms with Crippen molar-refractivity contribution in [2.24, 2.45) is 5.92 Å². The van der Waals surface area contributed by atoms with Gasteiger partial charge in [0.25, 0.3) is 5.91 Å².